The van der Waals surface area contributed by atoms with Crippen molar-refractivity contribution in [2.24, 2.45) is 5.73 Å². The van der Waals surface area contributed by atoms with Gasteiger partial charge in [0.05, 0.1) is 17.6 Å². The summed E-state index contributed by atoms with van der Waals surface area (Å²) in [7, 11) is 1.78. The monoisotopic (exact) mass is 245 g/mol. The van der Waals surface area contributed by atoms with Crippen LogP contribution in [0.4, 0.5) is 4.39 Å². The van der Waals surface area contributed by atoms with E-state index in [2.05, 4.69) is 0 Å². The van der Waals surface area contributed by atoms with Gasteiger partial charge in [0.25, 0.3) is 5.91 Å². The van der Waals surface area contributed by atoms with Crippen molar-refractivity contribution in [2.75, 3.05) is 7.05 Å². The Morgan fingerprint density at radius 3 is 2.75 bits per heavy atom. The molecule has 0 aromatic heterocycles. The number of hydrogen-bond donors (Lipinski definition) is 2. The van der Waals surface area contributed by atoms with Crippen LogP contribution in [-0.2, 0) is 11.3 Å². The van der Waals surface area contributed by atoms with Gasteiger partial charge in [0.1, 0.15) is 12.4 Å². The number of benzene rings is 1. The van der Waals surface area contributed by atoms with E-state index in [-0.39, 0.29) is 11.9 Å². The molecule has 0 bridgehead atoms. The van der Waals surface area contributed by atoms with Gasteiger partial charge in [-0.05, 0) is 19.1 Å². The predicted octanol–water partition coefficient (Wildman–Crippen LogP) is 0.368. The molecule has 0 saturated carbocycles. The number of primary amides is 1. The lowest BCUT2D eigenvalue weighted by Gasteiger charge is -2.19. The summed E-state index contributed by atoms with van der Waals surface area (Å²) in [6, 6.07) is 4.15. The molecular weight excluding hydrogens is 231 g/mol. The van der Waals surface area contributed by atoms with Crippen molar-refractivity contribution in [3.8, 4) is 0 Å². The molecule has 1 aromatic rings. The number of amides is 1. The molecule has 0 radical (unpaired) electrons. The van der Waals surface area contributed by atoms with Gasteiger partial charge in [-0.1, -0.05) is 17.7 Å². The van der Waals surface area contributed by atoms with Crippen molar-refractivity contribution < 1.29 is 14.1 Å². The number of carbonyl (C=O) groups excluding carboxylic acids is 1. The van der Waals surface area contributed by atoms with Gasteiger partial charge in [0.15, 0.2) is 6.04 Å². The minimum atomic E-state index is -0.412. The summed E-state index contributed by atoms with van der Waals surface area (Å²) in [6.07, 6.45) is 0. The van der Waals surface area contributed by atoms with Crippen molar-refractivity contribution >= 4 is 17.5 Å². The molecule has 2 atom stereocenters. The minimum absolute atomic E-state index is 0.329. The van der Waals surface area contributed by atoms with E-state index in [1.807, 2.05) is 0 Å². The van der Waals surface area contributed by atoms with E-state index in [0.717, 1.165) is 4.90 Å². The molecule has 1 rings (SSSR count). The van der Waals surface area contributed by atoms with Crippen molar-refractivity contribution in [3.05, 3.63) is 34.6 Å². The number of carbonyl (C=O) groups is 1. The Bertz CT molecular complexity index is 377. The van der Waals surface area contributed by atoms with Crippen molar-refractivity contribution in [2.45, 2.75) is 19.5 Å². The second kappa shape index (κ2) is 5.27. The van der Waals surface area contributed by atoms with E-state index in [1.165, 1.54) is 6.07 Å². The van der Waals surface area contributed by atoms with Crippen molar-refractivity contribution in [1.82, 2.24) is 0 Å². The lowest BCUT2D eigenvalue weighted by atomic mass is 10.1. The van der Waals surface area contributed by atoms with Crippen LogP contribution >= 0.6 is 11.6 Å². The van der Waals surface area contributed by atoms with Crippen LogP contribution in [0.1, 0.15) is 12.5 Å². The molecule has 0 heterocycles. The maximum Gasteiger partial charge on any atom is 0.275 e. The quantitative estimate of drug-likeness (QED) is 0.791. The number of nitrogens with two attached hydrogens (primary N) is 1. The number of quaternary nitrogens is 1. The van der Waals surface area contributed by atoms with E-state index in [1.54, 1.807) is 26.1 Å². The summed E-state index contributed by atoms with van der Waals surface area (Å²) in [4.78, 5) is 11.8. The number of rotatable bonds is 4. The van der Waals surface area contributed by atoms with Crippen LogP contribution in [-0.4, -0.2) is 19.0 Å². The number of nitrogens with one attached hydrogen (secondary N) is 1. The molecule has 0 saturated heterocycles. The van der Waals surface area contributed by atoms with Crippen LogP contribution in [0.3, 0.4) is 0 Å². The van der Waals surface area contributed by atoms with Gasteiger partial charge in [-0.3, -0.25) is 4.79 Å². The van der Waals surface area contributed by atoms with E-state index in [4.69, 9.17) is 17.3 Å². The molecule has 1 unspecified atom stereocenters. The molecule has 3 N–H and O–H groups in total. The first-order valence-corrected chi connectivity index (χ1v) is 5.35. The zero-order valence-corrected chi connectivity index (χ0v) is 10.0. The molecule has 1 aromatic carbocycles. The summed E-state index contributed by atoms with van der Waals surface area (Å²) < 4.78 is 13.5. The predicted molar refractivity (Wildman–Crippen MR) is 60.7 cm³/mol. The fourth-order valence-electron chi connectivity index (χ4n) is 1.38. The molecule has 3 nitrogen and oxygen atoms in total. The van der Waals surface area contributed by atoms with Crippen molar-refractivity contribution in [3.63, 3.8) is 0 Å². The molecule has 16 heavy (non-hydrogen) atoms. The fraction of sp³-hybridized carbons (Fsp3) is 0.364. The first-order chi connectivity index (χ1) is 7.43. The Labute approximate surface area is 99.0 Å². The fourth-order valence-corrected chi connectivity index (χ4v) is 1.61. The molecule has 5 heteroatoms. The second-order valence-electron chi connectivity index (χ2n) is 3.85. The number of halogens is 2. The Morgan fingerprint density at radius 2 is 2.25 bits per heavy atom. The van der Waals surface area contributed by atoms with Crippen molar-refractivity contribution in [1.29, 1.82) is 0 Å². The zero-order chi connectivity index (χ0) is 12.3. The second-order valence-corrected chi connectivity index (χ2v) is 4.25. The maximum absolute atomic E-state index is 13.5. The summed E-state index contributed by atoms with van der Waals surface area (Å²) in [5.41, 5.74) is 5.59. The lowest BCUT2D eigenvalue weighted by Crippen LogP contribution is -3.12. The van der Waals surface area contributed by atoms with Gasteiger partial charge in [-0.25, -0.2) is 4.39 Å². The van der Waals surface area contributed by atoms with Crippen LogP contribution in [0.15, 0.2) is 18.2 Å². The van der Waals surface area contributed by atoms with Gasteiger partial charge >= 0.3 is 0 Å². The number of likely N-dealkylation sites (N-methyl/N-ethyl adjacent to an activating group) is 1. The topological polar surface area (TPSA) is 47.5 Å². The highest BCUT2D eigenvalue weighted by Gasteiger charge is 2.21. The molecule has 0 fully saturated rings. The first-order valence-electron chi connectivity index (χ1n) is 4.98. The van der Waals surface area contributed by atoms with E-state index in [9.17, 15) is 9.18 Å². The standard InChI is InChI=1S/C11H14ClFN2O/c1-7(11(14)16)15(2)6-8-9(12)4-3-5-10(8)13/h3-5,7H,6H2,1-2H3,(H2,14,16)/p+1/t7-/m1/s1. The molecule has 0 aliphatic heterocycles. The Balaban J connectivity index is 2.84. The lowest BCUT2D eigenvalue weighted by molar-refractivity contribution is -0.908. The molecule has 88 valence electrons. The van der Waals surface area contributed by atoms with Gasteiger partial charge in [-0.15, -0.1) is 0 Å². The largest absolute Gasteiger partial charge is 0.365 e. The summed E-state index contributed by atoms with van der Waals surface area (Å²) >= 11 is 5.89. The van der Waals surface area contributed by atoms with Crippen LogP contribution < -0.4 is 10.6 Å². The van der Waals surface area contributed by atoms with Gasteiger partial charge in [-0.2, -0.15) is 0 Å². The normalized spacial score (nSPS) is 14.5. The average Bonchev–Trinajstić information content (AvgIpc) is 2.22. The number of hydrogen-bond acceptors (Lipinski definition) is 1. The van der Waals surface area contributed by atoms with Crippen LogP contribution in [0.2, 0.25) is 5.02 Å². The molecule has 1 amide bonds. The molecular formula is C11H15ClFN2O+. The third kappa shape index (κ3) is 2.93. The van der Waals surface area contributed by atoms with E-state index in [0.29, 0.717) is 17.1 Å². The SMILES string of the molecule is C[C@H](C(N)=O)[NH+](C)Cc1c(F)cccc1Cl. The average molecular weight is 246 g/mol. The Hall–Kier alpha value is -1.13. The van der Waals surface area contributed by atoms with Crippen LogP contribution in [0.25, 0.3) is 0 Å². The third-order valence-electron chi connectivity index (χ3n) is 2.68. The van der Waals surface area contributed by atoms with Crippen LogP contribution in [0, 0.1) is 5.82 Å². The van der Waals surface area contributed by atoms with E-state index >= 15 is 0 Å². The van der Waals surface area contributed by atoms with Gasteiger partial charge in [0, 0.05) is 0 Å². The Kier molecular flexibility index (Phi) is 4.26. The molecule has 0 spiro atoms. The highest BCUT2D eigenvalue weighted by Crippen LogP contribution is 2.17. The first kappa shape index (κ1) is 12.9. The third-order valence-corrected chi connectivity index (χ3v) is 3.04. The Morgan fingerprint density at radius 1 is 1.62 bits per heavy atom. The highest BCUT2D eigenvalue weighted by molar-refractivity contribution is 6.31. The highest BCUT2D eigenvalue weighted by atomic mass is 35.5. The summed E-state index contributed by atoms with van der Waals surface area (Å²) in [5, 5.41) is 0.371. The zero-order valence-electron chi connectivity index (χ0n) is 9.26. The maximum atomic E-state index is 13.5. The molecule has 0 aliphatic carbocycles. The van der Waals surface area contributed by atoms with Crippen LogP contribution in [0.5, 0.6) is 0 Å². The van der Waals surface area contributed by atoms with Gasteiger partial charge < -0.3 is 10.6 Å². The summed E-state index contributed by atoms with van der Waals surface area (Å²) in [6.45, 7) is 2.03. The van der Waals surface area contributed by atoms with E-state index < -0.39 is 5.91 Å². The molecule has 0 aliphatic rings. The minimum Gasteiger partial charge on any atom is -0.365 e. The van der Waals surface area contributed by atoms with Gasteiger partial charge in [0.2, 0.25) is 0 Å². The summed E-state index contributed by atoms with van der Waals surface area (Å²) in [5.74, 6) is -0.770. The smallest absolute Gasteiger partial charge is 0.275 e.